The lowest BCUT2D eigenvalue weighted by atomic mass is 10.4. The van der Waals surface area contributed by atoms with Gasteiger partial charge in [-0.1, -0.05) is 0 Å². The van der Waals surface area contributed by atoms with E-state index in [9.17, 15) is 0 Å². The van der Waals surface area contributed by atoms with E-state index in [0.717, 1.165) is 29.2 Å². The predicted molar refractivity (Wildman–Crippen MR) is 82.9 cm³/mol. The summed E-state index contributed by atoms with van der Waals surface area (Å²) in [5, 5.41) is 3.39. The maximum absolute atomic E-state index is 4.46. The summed E-state index contributed by atoms with van der Waals surface area (Å²) in [4.78, 5) is 11.3. The zero-order valence-corrected chi connectivity index (χ0v) is 13.0. The van der Waals surface area contributed by atoms with Gasteiger partial charge in [0.2, 0.25) is 0 Å². The number of halogens is 1. The smallest absolute Gasteiger partial charge is 0.180 e. The molecule has 1 aliphatic rings. The number of hydrogen-bond donors (Lipinski definition) is 1. The number of thioether (sulfide) groups is 1. The summed E-state index contributed by atoms with van der Waals surface area (Å²) < 4.78 is 2.78. The molecule has 0 saturated carbocycles. The van der Waals surface area contributed by atoms with Gasteiger partial charge in [0.25, 0.3) is 0 Å². The van der Waals surface area contributed by atoms with Crippen molar-refractivity contribution in [1.29, 1.82) is 0 Å². The van der Waals surface area contributed by atoms with Crippen LogP contribution in [-0.2, 0) is 0 Å². The van der Waals surface area contributed by atoms with E-state index >= 15 is 0 Å². The molecule has 1 saturated heterocycles. The third-order valence-electron chi connectivity index (χ3n) is 3.17. The Morgan fingerprint density at radius 2 is 2.21 bits per heavy atom. The molecule has 0 unspecified atom stereocenters. The third kappa shape index (κ3) is 3.21. The molecule has 7 heteroatoms. The van der Waals surface area contributed by atoms with Gasteiger partial charge in [-0.3, -0.25) is 4.90 Å². The fraction of sp³-hybridized carbons (Fsp3) is 0.500. The first-order valence-electron chi connectivity index (χ1n) is 6.36. The Kier molecular flexibility index (Phi) is 4.24. The molecule has 19 heavy (non-hydrogen) atoms. The number of anilines is 1. The fourth-order valence-corrected chi connectivity index (χ4v) is 3.55. The van der Waals surface area contributed by atoms with Gasteiger partial charge in [-0.05, 0) is 15.9 Å². The first-order valence-corrected chi connectivity index (χ1v) is 8.31. The first kappa shape index (κ1) is 13.2. The van der Waals surface area contributed by atoms with Crippen LogP contribution in [0.2, 0.25) is 0 Å². The van der Waals surface area contributed by atoms with Gasteiger partial charge in [0.1, 0.15) is 4.60 Å². The molecule has 0 amide bonds. The minimum Gasteiger partial charge on any atom is -0.366 e. The van der Waals surface area contributed by atoms with Crippen molar-refractivity contribution in [2.75, 3.05) is 43.0 Å². The summed E-state index contributed by atoms with van der Waals surface area (Å²) >= 11 is 5.46. The third-order valence-corrected chi connectivity index (χ3v) is 4.49. The molecule has 0 aliphatic carbocycles. The highest BCUT2D eigenvalue weighted by Crippen LogP contribution is 2.16. The van der Waals surface area contributed by atoms with Crippen LogP contribution < -0.4 is 5.32 Å². The highest BCUT2D eigenvalue weighted by molar-refractivity contribution is 9.10. The molecule has 1 aliphatic heterocycles. The summed E-state index contributed by atoms with van der Waals surface area (Å²) in [6.07, 6.45) is 5.63. The number of fused-ring (bicyclic) bond motifs is 1. The molecule has 0 radical (unpaired) electrons. The van der Waals surface area contributed by atoms with Gasteiger partial charge in [-0.2, -0.15) is 11.8 Å². The summed E-state index contributed by atoms with van der Waals surface area (Å²) in [7, 11) is 0. The summed E-state index contributed by atoms with van der Waals surface area (Å²) in [6.45, 7) is 4.34. The van der Waals surface area contributed by atoms with E-state index in [1.165, 1.54) is 24.6 Å². The Morgan fingerprint density at radius 1 is 1.37 bits per heavy atom. The topological polar surface area (TPSA) is 45.5 Å². The SMILES string of the molecule is Brc1cn2ccnc2c(NCCN2CCSCC2)n1. The molecule has 2 aromatic heterocycles. The normalized spacial score (nSPS) is 16.9. The molecule has 0 bridgehead atoms. The fourth-order valence-electron chi connectivity index (χ4n) is 2.18. The minimum absolute atomic E-state index is 0.815. The van der Waals surface area contributed by atoms with Gasteiger partial charge in [0.05, 0.1) is 0 Å². The lowest BCUT2D eigenvalue weighted by Crippen LogP contribution is -2.36. The molecule has 5 nitrogen and oxygen atoms in total. The van der Waals surface area contributed by atoms with Crippen molar-refractivity contribution in [3.8, 4) is 0 Å². The largest absolute Gasteiger partial charge is 0.366 e. The van der Waals surface area contributed by atoms with Gasteiger partial charge in [0, 0.05) is 56.3 Å². The summed E-state index contributed by atoms with van der Waals surface area (Å²) in [6, 6.07) is 0. The van der Waals surface area contributed by atoms with Crippen LogP contribution >= 0.6 is 27.7 Å². The highest BCUT2D eigenvalue weighted by Gasteiger charge is 2.10. The number of nitrogens with one attached hydrogen (secondary N) is 1. The molecule has 0 spiro atoms. The van der Waals surface area contributed by atoms with Crippen molar-refractivity contribution < 1.29 is 0 Å². The average molecular weight is 342 g/mol. The van der Waals surface area contributed by atoms with Crippen LogP contribution in [0.25, 0.3) is 5.65 Å². The molecule has 2 aromatic rings. The average Bonchev–Trinajstić information content (AvgIpc) is 2.88. The minimum atomic E-state index is 0.815. The molecule has 3 rings (SSSR count). The standard InChI is InChI=1S/C12H16BrN5S/c13-10-9-18-4-2-15-12(18)11(16-10)14-1-3-17-5-7-19-8-6-17/h2,4,9H,1,3,5-8H2,(H,14,16). The van der Waals surface area contributed by atoms with Crippen molar-refractivity contribution in [3.63, 3.8) is 0 Å². The van der Waals surface area contributed by atoms with E-state index in [1.807, 2.05) is 28.6 Å². The van der Waals surface area contributed by atoms with E-state index in [0.29, 0.717) is 0 Å². The van der Waals surface area contributed by atoms with Gasteiger partial charge >= 0.3 is 0 Å². The van der Waals surface area contributed by atoms with E-state index in [2.05, 4.69) is 36.1 Å². The quantitative estimate of drug-likeness (QED) is 0.920. The van der Waals surface area contributed by atoms with Crippen LogP contribution in [0.5, 0.6) is 0 Å². The van der Waals surface area contributed by atoms with Gasteiger partial charge in [-0.25, -0.2) is 9.97 Å². The Hall–Kier alpha value is -0.790. The molecule has 3 heterocycles. The maximum atomic E-state index is 4.46. The molecular weight excluding hydrogens is 326 g/mol. The second-order valence-corrected chi connectivity index (χ2v) is 6.49. The van der Waals surface area contributed by atoms with Crippen molar-refractivity contribution in [2.24, 2.45) is 0 Å². The van der Waals surface area contributed by atoms with Gasteiger partial charge < -0.3 is 9.72 Å². The molecule has 0 aromatic carbocycles. The predicted octanol–water partition coefficient (Wildman–Crippen LogP) is 1.95. The number of rotatable bonds is 4. The van der Waals surface area contributed by atoms with E-state index in [1.54, 1.807) is 6.20 Å². The summed E-state index contributed by atoms with van der Waals surface area (Å²) in [5.41, 5.74) is 0.873. The van der Waals surface area contributed by atoms with E-state index < -0.39 is 0 Å². The first-order chi connectivity index (χ1) is 9.33. The van der Waals surface area contributed by atoms with Crippen LogP contribution in [0, 0.1) is 0 Å². The summed E-state index contributed by atoms with van der Waals surface area (Å²) in [5.74, 6) is 3.34. The number of nitrogens with zero attached hydrogens (tertiary/aromatic N) is 4. The second kappa shape index (κ2) is 6.11. The van der Waals surface area contributed by atoms with Gasteiger partial charge in [-0.15, -0.1) is 0 Å². The zero-order chi connectivity index (χ0) is 13.1. The van der Waals surface area contributed by atoms with Crippen LogP contribution in [0.4, 0.5) is 5.82 Å². The van der Waals surface area contributed by atoms with Crippen LogP contribution in [-0.4, -0.2) is 57.0 Å². The monoisotopic (exact) mass is 341 g/mol. The highest BCUT2D eigenvalue weighted by atomic mass is 79.9. The Morgan fingerprint density at radius 3 is 3.05 bits per heavy atom. The van der Waals surface area contributed by atoms with Crippen LogP contribution in [0.15, 0.2) is 23.2 Å². The van der Waals surface area contributed by atoms with Gasteiger partial charge in [0.15, 0.2) is 11.5 Å². The van der Waals surface area contributed by atoms with E-state index in [-0.39, 0.29) is 0 Å². The molecule has 1 N–H and O–H groups in total. The lowest BCUT2D eigenvalue weighted by Gasteiger charge is -2.26. The lowest BCUT2D eigenvalue weighted by molar-refractivity contribution is 0.314. The van der Waals surface area contributed by atoms with Crippen molar-refractivity contribution in [1.82, 2.24) is 19.3 Å². The number of aromatic nitrogens is 3. The van der Waals surface area contributed by atoms with Crippen molar-refractivity contribution in [3.05, 3.63) is 23.2 Å². The Labute approximate surface area is 124 Å². The van der Waals surface area contributed by atoms with E-state index in [4.69, 9.17) is 0 Å². The Bertz CT molecular complexity index is 552. The van der Waals surface area contributed by atoms with Crippen molar-refractivity contribution >= 4 is 39.2 Å². The zero-order valence-electron chi connectivity index (χ0n) is 10.5. The molecule has 102 valence electrons. The maximum Gasteiger partial charge on any atom is 0.180 e. The molecule has 1 fully saturated rings. The number of hydrogen-bond acceptors (Lipinski definition) is 5. The molecular formula is C12H16BrN5S. The number of imidazole rings is 1. The van der Waals surface area contributed by atoms with Crippen LogP contribution in [0.1, 0.15) is 0 Å². The molecule has 0 atom stereocenters. The van der Waals surface area contributed by atoms with Crippen molar-refractivity contribution in [2.45, 2.75) is 0 Å². The second-order valence-electron chi connectivity index (χ2n) is 4.45. The van der Waals surface area contributed by atoms with Crippen LogP contribution in [0.3, 0.4) is 0 Å². The Balaban J connectivity index is 1.63.